The van der Waals surface area contributed by atoms with E-state index in [2.05, 4.69) is 66.2 Å². The normalized spacial score (nSPS) is 18.7. The monoisotopic (exact) mass is 494 g/mol. The largest absolute Gasteiger partial charge is 0.328 e. The van der Waals surface area contributed by atoms with Gasteiger partial charge in [0.2, 0.25) is 0 Å². The highest BCUT2D eigenvalue weighted by Gasteiger charge is 2.57. The zero-order valence-electron chi connectivity index (χ0n) is 21.7. The summed E-state index contributed by atoms with van der Waals surface area (Å²) in [6.45, 7) is 7.49. The van der Waals surface area contributed by atoms with Crippen molar-refractivity contribution in [3.8, 4) is 11.1 Å². The highest BCUT2D eigenvalue weighted by molar-refractivity contribution is 6.07. The molecule has 6 heteroatoms. The van der Waals surface area contributed by atoms with Crippen LogP contribution in [-0.4, -0.2) is 56.8 Å². The van der Waals surface area contributed by atoms with Gasteiger partial charge < -0.3 is 4.90 Å². The lowest BCUT2D eigenvalue weighted by atomic mass is 9.85. The van der Waals surface area contributed by atoms with E-state index in [0.717, 1.165) is 31.7 Å². The Morgan fingerprint density at radius 2 is 1.65 bits per heavy atom. The summed E-state index contributed by atoms with van der Waals surface area (Å²) in [6.07, 6.45) is 4.03. The third-order valence-corrected chi connectivity index (χ3v) is 8.16. The number of nitrogens with zero attached hydrogens (tertiary/aromatic N) is 4. The van der Waals surface area contributed by atoms with E-state index in [9.17, 15) is 9.59 Å². The number of urea groups is 1. The van der Waals surface area contributed by atoms with Crippen molar-refractivity contribution in [3.05, 3.63) is 89.2 Å². The van der Waals surface area contributed by atoms with Gasteiger partial charge in [-0.1, -0.05) is 62.4 Å². The van der Waals surface area contributed by atoms with Gasteiger partial charge in [-0.15, -0.1) is 0 Å². The van der Waals surface area contributed by atoms with Crippen LogP contribution in [0, 0.1) is 5.92 Å². The van der Waals surface area contributed by atoms with Crippen LogP contribution in [0.3, 0.4) is 0 Å². The van der Waals surface area contributed by atoms with Crippen molar-refractivity contribution in [1.29, 1.82) is 0 Å². The predicted molar refractivity (Wildman–Crippen MR) is 144 cm³/mol. The predicted octanol–water partition coefficient (Wildman–Crippen LogP) is 5.11. The Hall–Kier alpha value is -3.51. The number of rotatable bonds is 6. The maximum Gasteiger partial charge on any atom is 0.328 e. The highest BCUT2D eigenvalue weighted by atomic mass is 16.2. The Labute approximate surface area is 218 Å². The van der Waals surface area contributed by atoms with Crippen molar-refractivity contribution in [3.63, 3.8) is 0 Å². The molecule has 6 nitrogen and oxygen atoms in total. The molecule has 2 aliphatic heterocycles. The number of hydrogen-bond acceptors (Lipinski definition) is 4. The Bertz CT molecular complexity index is 1330. The van der Waals surface area contributed by atoms with Gasteiger partial charge in [0.25, 0.3) is 5.91 Å². The summed E-state index contributed by atoms with van der Waals surface area (Å²) in [5.74, 6) is 0.232. The minimum Gasteiger partial charge on any atom is -0.309 e. The van der Waals surface area contributed by atoms with Gasteiger partial charge in [-0.05, 0) is 65.1 Å². The highest BCUT2D eigenvalue weighted by Crippen LogP contribution is 2.40. The number of carbonyl (C=O) groups is 2. The van der Waals surface area contributed by atoms with Gasteiger partial charge >= 0.3 is 6.03 Å². The third-order valence-electron chi connectivity index (χ3n) is 8.16. The van der Waals surface area contributed by atoms with E-state index >= 15 is 0 Å². The number of imide groups is 1. The van der Waals surface area contributed by atoms with E-state index in [1.807, 2.05) is 23.1 Å². The van der Waals surface area contributed by atoms with Crippen molar-refractivity contribution in [2.75, 3.05) is 19.6 Å². The lowest BCUT2D eigenvalue weighted by Crippen LogP contribution is -2.57. The van der Waals surface area contributed by atoms with E-state index in [4.69, 9.17) is 0 Å². The topological polar surface area (TPSA) is 56.8 Å². The molecule has 0 atom stereocenters. The van der Waals surface area contributed by atoms with Crippen LogP contribution in [0.2, 0.25) is 0 Å². The molecule has 2 fully saturated rings. The molecule has 1 spiro atoms. The molecule has 3 heterocycles. The molecule has 0 N–H and O–H groups in total. The summed E-state index contributed by atoms with van der Waals surface area (Å²) >= 11 is 0. The Balaban J connectivity index is 1.17. The number of carbonyl (C=O) groups excluding carboxylic acids is 2. The first-order valence-electron chi connectivity index (χ1n) is 13.4. The van der Waals surface area contributed by atoms with Crippen LogP contribution in [0.25, 0.3) is 11.1 Å². The molecule has 1 aliphatic carbocycles. The summed E-state index contributed by atoms with van der Waals surface area (Å²) in [5, 5.41) is 0. The van der Waals surface area contributed by atoms with Gasteiger partial charge in [0.15, 0.2) is 0 Å². The van der Waals surface area contributed by atoms with Gasteiger partial charge in [0.05, 0.1) is 12.2 Å². The molecule has 2 saturated heterocycles. The molecule has 190 valence electrons. The van der Waals surface area contributed by atoms with Crippen LogP contribution in [0.15, 0.2) is 66.9 Å². The Morgan fingerprint density at radius 3 is 2.41 bits per heavy atom. The lowest BCUT2D eigenvalue weighted by molar-refractivity contribution is -0.136. The van der Waals surface area contributed by atoms with E-state index in [-0.39, 0.29) is 24.4 Å². The second-order valence-electron chi connectivity index (χ2n) is 11.1. The van der Waals surface area contributed by atoms with Gasteiger partial charge in [-0.2, -0.15) is 0 Å². The molecule has 37 heavy (non-hydrogen) atoms. The van der Waals surface area contributed by atoms with Crippen LogP contribution >= 0.6 is 0 Å². The first kappa shape index (κ1) is 23.9. The SMILES string of the molecule is CC(C)CN1C(=O)N(Cc2ccccn2)C(=O)C12CCN(Cc1ccc3c(c1)Cc1ccccc1-3)CC2. The van der Waals surface area contributed by atoms with Gasteiger partial charge in [-0.25, -0.2) is 4.79 Å². The number of fused-ring (bicyclic) bond motifs is 3. The fraction of sp³-hybridized carbons (Fsp3) is 0.387. The standard InChI is InChI=1S/C31H34N4O2/c1-22(2)19-35-30(37)34(21-26-8-5-6-14-32-26)29(36)31(35)12-15-33(16-13-31)20-23-10-11-28-25(17-23)18-24-7-3-4-9-27(24)28/h3-11,14,17,22H,12-13,15-16,18-21H2,1-2H3. The van der Waals surface area contributed by atoms with Crippen LogP contribution in [-0.2, 0) is 24.3 Å². The van der Waals surface area contributed by atoms with Crippen LogP contribution < -0.4 is 0 Å². The molecule has 0 unspecified atom stereocenters. The molecule has 1 aromatic heterocycles. The molecular formula is C31H34N4O2. The molecule has 0 saturated carbocycles. The van der Waals surface area contributed by atoms with E-state index < -0.39 is 5.54 Å². The summed E-state index contributed by atoms with van der Waals surface area (Å²) in [7, 11) is 0. The average Bonchev–Trinajstić information content (AvgIpc) is 3.36. The Morgan fingerprint density at radius 1 is 0.892 bits per heavy atom. The zero-order chi connectivity index (χ0) is 25.6. The van der Waals surface area contributed by atoms with Crippen molar-refractivity contribution >= 4 is 11.9 Å². The van der Waals surface area contributed by atoms with Crippen LogP contribution in [0.1, 0.15) is 49.1 Å². The maximum atomic E-state index is 13.8. The lowest BCUT2D eigenvalue weighted by Gasteiger charge is -2.42. The summed E-state index contributed by atoms with van der Waals surface area (Å²) < 4.78 is 0. The van der Waals surface area contributed by atoms with Crippen molar-refractivity contribution in [2.45, 2.75) is 51.7 Å². The number of amides is 3. The van der Waals surface area contributed by atoms with Crippen molar-refractivity contribution in [1.82, 2.24) is 19.7 Å². The number of piperidine rings is 1. The molecule has 6 rings (SSSR count). The Kier molecular flexibility index (Phi) is 6.07. The summed E-state index contributed by atoms with van der Waals surface area (Å²) in [5.41, 5.74) is 6.82. The number of likely N-dealkylation sites (tertiary alicyclic amines) is 1. The number of pyridine rings is 1. The van der Waals surface area contributed by atoms with Crippen molar-refractivity contribution in [2.24, 2.45) is 5.92 Å². The van der Waals surface area contributed by atoms with Crippen LogP contribution in [0.5, 0.6) is 0 Å². The number of aromatic nitrogens is 1. The van der Waals surface area contributed by atoms with E-state index in [1.165, 1.54) is 32.7 Å². The zero-order valence-corrected chi connectivity index (χ0v) is 21.7. The van der Waals surface area contributed by atoms with Gasteiger partial charge in [-0.3, -0.25) is 19.6 Å². The molecule has 3 amide bonds. The number of benzene rings is 2. The first-order valence-corrected chi connectivity index (χ1v) is 13.4. The fourth-order valence-electron chi connectivity index (χ4n) is 6.31. The molecule has 0 radical (unpaired) electrons. The summed E-state index contributed by atoms with van der Waals surface area (Å²) in [4.78, 5) is 37.4. The number of hydrogen-bond donors (Lipinski definition) is 0. The maximum absolute atomic E-state index is 13.8. The molecule has 0 bridgehead atoms. The molecule has 3 aromatic rings. The van der Waals surface area contributed by atoms with E-state index in [0.29, 0.717) is 19.4 Å². The van der Waals surface area contributed by atoms with E-state index in [1.54, 1.807) is 6.20 Å². The smallest absolute Gasteiger partial charge is 0.309 e. The molecular weight excluding hydrogens is 460 g/mol. The second-order valence-corrected chi connectivity index (χ2v) is 11.1. The first-order chi connectivity index (χ1) is 17.9. The van der Waals surface area contributed by atoms with Crippen molar-refractivity contribution < 1.29 is 9.59 Å². The summed E-state index contributed by atoms with van der Waals surface area (Å²) in [6, 6.07) is 21.0. The molecule has 2 aromatic carbocycles. The third kappa shape index (κ3) is 4.23. The average molecular weight is 495 g/mol. The van der Waals surface area contributed by atoms with Gasteiger partial charge in [0.1, 0.15) is 5.54 Å². The van der Waals surface area contributed by atoms with Gasteiger partial charge in [0, 0.05) is 32.4 Å². The minimum atomic E-state index is -0.744. The fourth-order valence-corrected chi connectivity index (χ4v) is 6.31. The quantitative estimate of drug-likeness (QED) is 0.350. The minimum absolute atomic E-state index is 0.0567. The molecule has 3 aliphatic rings. The second kappa shape index (κ2) is 9.42. The van der Waals surface area contributed by atoms with Crippen LogP contribution in [0.4, 0.5) is 4.79 Å².